The molecule has 1 unspecified atom stereocenters. The fourth-order valence-corrected chi connectivity index (χ4v) is 0.364. The highest BCUT2D eigenvalue weighted by Crippen LogP contribution is 1.97. The normalized spacial score (nSPS) is 13.0. The van der Waals surface area contributed by atoms with Crippen LogP contribution >= 0.6 is 0 Å². The van der Waals surface area contributed by atoms with Gasteiger partial charge in [-0.1, -0.05) is 30.2 Å². The first-order chi connectivity index (χ1) is 4.16. The van der Waals surface area contributed by atoms with Gasteiger partial charge in [-0.05, 0) is 13.8 Å². The first-order valence-corrected chi connectivity index (χ1v) is 2.96. The van der Waals surface area contributed by atoms with Crippen LogP contribution in [0.1, 0.15) is 13.8 Å². The van der Waals surface area contributed by atoms with Crippen LogP contribution in [0.5, 0.6) is 0 Å². The Morgan fingerprint density at radius 2 is 2.33 bits per heavy atom. The summed E-state index contributed by atoms with van der Waals surface area (Å²) in [6, 6.07) is 0. The van der Waals surface area contributed by atoms with Crippen molar-refractivity contribution in [2.45, 2.75) is 13.8 Å². The Morgan fingerprint density at radius 3 is 2.67 bits per heavy atom. The van der Waals surface area contributed by atoms with E-state index in [0.717, 1.165) is 5.57 Å². The van der Waals surface area contributed by atoms with Crippen molar-refractivity contribution < 1.29 is 0 Å². The van der Waals surface area contributed by atoms with Gasteiger partial charge in [-0.25, -0.2) is 0 Å². The molecule has 0 heterocycles. The zero-order chi connectivity index (χ0) is 7.28. The molecule has 0 aliphatic heterocycles. The molecule has 0 radical (unpaired) electrons. The van der Waals surface area contributed by atoms with Crippen LogP contribution in [0.4, 0.5) is 0 Å². The van der Waals surface area contributed by atoms with E-state index in [0.29, 0.717) is 0 Å². The molecule has 0 N–H and O–H groups in total. The minimum absolute atomic E-state index is 0.224. The third-order valence-corrected chi connectivity index (χ3v) is 0.932. The van der Waals surface area contributed by atoms with Crippen molar-refractivity contribution in [2.75, 3.05) is 0 Å². The fourth-order valence-electron chi connectivity index (χ4n) is 0.364. The first-order valence-electron chi connectivity index (χ1n) is 2.96. The van der Waals surface area contributed by atoms with Crippen molar-refractivity contribution in [1.29, 1.82) is 0 Å². The molecule has 0 saturated carbocycles. The van der Waals surface area contributed by atoms with Gasteiger partial charge in [0.05, 0.1) is 0 Å². The van der Waals surface area contributed by atoms with E-state index in [1.807, 2.05) is 26.0 Å². The minimum atomic E-state index is 0.224. The van der Waals surface area contributed by atoms with Crippen LogP contribution in [0.2, 0.25) is 0 Å². The third-order valence-electron chi connectivity index (χ3n) is 0.932. The molecule has 0 nitrogen and oxygen atoms in total. The van der Waals surface area contributed by atoms with E-state index in [-0.39, 0.29) is 5.92 Å². The molecule has 0 saturated heterocycles. The second-order valence-corrected chi connectivity index (χ2v) is 2.16. The van der Waals surface area contributed by atoms with E-state index >= 15 is 0 Å². The molecule has 0 spiro atoms. The van der Waals surface area contributed by atoms with E-state index in [9.17, 15) is 0 Å². The van der Waals surface area contributed by atoms with Crippen LogP contribution in [-0.4, -0.2) is 0 Å². The van der Waals surface area contributed by atoms with Gasteiger partial charge in [-0.3, -0.25) is 0 Å². The fraction of sp³-hybridized carbons (Fsp3) is 0.333. The van der Waals surface area contributed by atoms with Gasteiger partial charge in [0.1, 0.15) is 0 Å². The van der Waals surface area contributed by atoms with Crippen molar-refractivity contribution in [3.63, 3.8) is 0 Å². The number of rotatable bonds is 2. The van der Waals surface area contributed by atoms with Crippen molar-refractivity contribution in [3.8, 4) is 12.3 Å². The first kappa shape index (κ1) is 8.04. The van der Waals surface area contributed by atoms with Gasteiger partial charge in [0.2, 0.25) is 0 Å². The molecule has 9 heavy (non-hydrogen) atoms. The molecule has 0 aromatic carbocycles. The Bertz CT molecular complexity index is 155. The smallest absolute Gasteiger partial charge is 0.0354 e. The largest absolute Gasteiger partial charge is 0.119 e. The molecule has 48 valence electrons. The monoisotopic (exact) mass is 120 g/mol. The number of terminal acetylenes is 1. The van der Waals surface area contributed by atoms with Gasteiger partial charge in [0.15, 0.2) is 0 Å². The Hall–Kier alpha value is -0.960. The maximum atomic E-state index is 5.13. The van der Waals surface area contributed by atoms with Crippen molar-refractivity contribution >= 4 is 0 Å². The number of hydrogen-bond donors (Lipinski definition) is 0. The maximum Gasteiger partial charge on any atom is 0.0354 e. The third kappa shape index (κ3) is 4.90. The molecular formula is C9H12. The van der Waals surface area contributed by atoms with Crippen LogP contribution in [0.15, 0.2) is 24.3 Å². The quantitative estimate of drug-likeness (QED) is 0.387. The standard InChI is InChI=1S/C9H12/c1-5-9(4)7-6-8(2)3/h1,6-7,9H,2H2,3-4H3/b7-6-. The molecule has 0 aromatic heterocycles. The highest BCUT2D eigenvalue weighted by atomic mass is 13.9. The van der Waals surface area contributed by atoms with Crippen molar-refractivity contribution in [3.05, 3.63) is 24.3 Å². The second kappa shape index (κ2) is 3.97. The van der Waals surface area contributed by atoms with E-state index in [4.69, 9.17) is 6.42 Å². The van der Waals surface area contributed by atoms with Gasteiger partial charge in [-0.15, -0.1) is 6.42 Å². The highest BCUT2D eigenvalue weighted by molar-refractivity contribution is 5.15. The topological polar surface area (TPSA) is 0 Å². The predicted molar refractivity (Wildman–Crippen MR) is 42.0 cm³/mol. The Morgan fingerprint density at radius 1 is 1.78 bits per heavy atom. The number of allylic oxidation sites excluding steroid dienone is 3. The lowest BCUT2D eigenvalue weighted by molar-refractivity contribution is 0.980. The van der Waals surface area contributed by atoms with E-state index < -0.39 is 0 Å². The van der Waals surface area contributed by atoms with Gasteiger partial charge >= 0.3 is 0 Å². The lowest BCUT2D eigenvalue weighted by atomic mass is 10.1. The van der Waals surface area contributed by atoms with E-state index in [2.05, 4.69) is 12.5 Å². The van der Waals surface area contributed by atoms with Gasteiger partial charge in [0.25, 0.3) is 0 Å². The van der Waals surface area contributed by atoms with Crippen LogP contribution in [0, 0.1) is 18.3 Å². The Balaban J connectivity index is 3.74. The number of hydrogen-bond acceptors (Lipinski definition) is 0. The summed E-state index contributed by atoms with van der Waals surface area (Å²) in [5.74, 6) is 2.82. The minimum Gasteiger partial charge on any atom is -0.119 e. The summed E-state index contributed by atoms with van der Waals surface area (Å²) < 4.78 is 0. The summed E-state index contributed by atoms with van der Waals surface area (Å²) in [7, 11) is 0. The second-order valence-electron chi connectivity index (χ2n) is 2.16. The molecule has 0 fully saturated rings. The van der Waals surface area contributed by atoms with Crippen molar-refractivity contribution in [1.82, 2.24) is 0 Å². The highest BCUT2D eigenvalue weighted by Gasteiger charge is 1.84. The van der Waals surface area contributed by atoms with Crippen LogP contribution in [-0.2, 0) is 0 Å². The van der Waals surface area contributed by atoms with Crippen molar-refractivity contribution in [2.24, 2.45) is 5.92 Å². The summed E-state index contributed by atoms with van der Waals surface area (Å²) in [5, 5.41) is 0. The average Bonchev–Trinajstić information content (AvgIpc) is 1.83. The predicted octanol–water partition coefficient (Wildman–Crippen LogP) is 2.39. The molecule has 0 bridgehead atoms. The maximum absolute atomic E-state index is 5.13. The van der Waals surface area contributed by atoms with Crippen LogP contribution in [0.25, 0.3) is 0 Å². The molecule has 0 aliphatic carbocycles. The zero-order valence-electron chi connectivity index (χ0n) is 6.02. The summed E-state index contributed by atoms with van der Waals surface area (Å²) in [4.78, 5) is 0. The Labute approximate surface area is 57.3 Å². The van der Waals surface area contributed by atoms with Crippen LogP contribution < -0.4 is 0 Å². The molecule has 0 aliphatic rings. The molecular weight excluding hydrogens is 108 g/mol. The zero-order valence-corrected chi connectivity index (χ0v) is 6.02. The summed E-state index contributed by atoms with van der Waals surface area (Å²) >= 11 is 0. The lowest BCUT2D eigenvalue weighted by Crippen LogP contribution is -1.80. The molecule has 0 amide bonds. The molecule has 0 rings (SSSR count). The van der Waals surface area contributed by atoms with Gasteiger partial charge in [0, 0.05) is 5.92 Å². The molecule has 1 atom stereocenters. The van der Waals surface area contributed by atoms with Crippen LogP contribution in [0.3, 0.4) is 0 Å². The SMILES string of the molecule is C#CC(C)/C=C\C(=C)C. The Kier molecular flexibility index (Phi) is 3.55. The molecule has 0 aromatic rings. The van der Waals surface area contributed by atoms with Gasteiger partial charge < -0.3 is 0 Å². The van der Waals surface area contributed by atoms with E-state index in [1.165, 1.54) is 0 Å². The average molecular weight is 120 g/mol. The summed E-state index contributed by atoms with van der Waals surface area (Å²) in [6.07, 6.45) is 9.02. The lowest BCUT2D eigenvalue weighted by Gasteiger charge is -1.91. The summed E-state index contributed by atoms with van der Waals surface area (Å²) in [5.41, 5.74) is 1.04. The summed E-state index contributed by atoms with van der Waals surface area (Å²) in [6.45, 7) is 7.62. The van der Waals surface area contributed by atoms with E-state index in [1.54, 1.807) is 0 Å². The molecule has 0 heteroatoms. The van der Waals surface area contributed by atoms with Gasteiger partial charge in [-0.2, -0.15) is 0 Å².